The fourth-order valence-electron chi connectivity index (χ4n) is 2.15. The van der Waals surface area contributed by atoms with E-state index in [0.717, 1.165) is 11.3 Å². The topological polar surface area (TPSA) is 70.6 Å². The quantitative estimate of drug-likeness (QED) is 0.384. The number of benzene rings is 2. The van der Waals surface area contributed by atoms with Gasteiger partial charge in [0, 0.05) is 5.69 Å². The summed E-state index contributed by atoms with van der Waals surface area (Å²) in [5, 5.41) is 13.5. The Kier molecular flexibility index (Phi) is 7.16. The summed E-state index contributed by atoms with van der Waals surface area (Å²) in [6, 6.07) is 11.6. The highest BCUT2D eigenvalue weighted by Crippen LogP contribution is 2.21. The first-order valence-corrected chi connectivity index (χ1v) is 7.40. The van der Waals surface area contributed by atoms with Gasteiger partial charge in [-0.15, -0.1) is 24.0 Å². The lowest BCUT2D eigenvalue weighted by molar-refractivity contribution is 0.0673. The van der Waals surface area contributed by atoms with Crippen molar-refractivity contribution in [1.29, 1.82) is 0 Å². The van der Waals surface area contributed by atoms with E-state index in [2.05, 4.69) is 10.3 Å². The first-order valence-electron chi connectivity index (χ1n) is 7.40. The van der Waals surface area contributed by atoms with Crippen LogP contribution in [-0.4, -0.2) is 17.6 Å². The zero-order chi connectivity index (χ0) is 17.0. The number of rotatable bonds is 4. The van der Waals surface area contributed by atoms with Gasteiger partial charge in [0.1, 0.15) is 11.4 Å². The number of nitrogens with one attached hydrogen (secondary N) is 1. The fourth-order valence-corrected chi connectivity index (χ4v) is 2.15. The van der Waals surface area contributed by atoms with Crippen LogP contribution in [0.4, 0.5) is 10.1 Å². The van der Waals surface area contributed by atoms with Crippen molar-refractivity contribution in [3.05, 3.63) is 65.0 Å². The number of guanidine groups is 1. The lowest BCUT2D eigenvalue weighted by atomic mass is 9.96. The molecule has 0 saturated heterocycles. The number of nitrogens with two attached hydrogens (primary N) is 1. The molecule has 0 aromatic heterocycles. The summed E-state index contributed by atoms with van der Waals surface area (Å²) in [5.41, 5.74) is 8.43. The monoisotopic (exact) mass is 443 g/mol. The maximum Gasteiger partial charge on any atom is 0.193 e. The van der Waals surface area contributed by atoms with Crippen molar-refractivity contribution < 1.29 is 9.50 Å². The van der Waals surface area contributed by atoms with Crippen LogP contribution in [0.5, 0.6) is 0 Å². The number of anilines is 1. The van der Waals surface area contributed by atoms with E-state index in [-0.39, 0.29) is 42.3 Å². The van der Waals surface area contributed by atoms with Crippen molar-refractivity contribution >= 4 is 35.6 Å². The molecule has 1 atom stereocenters. The Morgan fingerprint density at radius 1 is 1.17 bits per heavy atom. The second-order valence-electron chi connectivity index (χ2n) is 5.91. The van der Waals surface area contributed by atoms with Crippen LogP contribution >= 0.6 is 24.0 Å². The third kappa shape index (κ3) is 5.45. The molecule has 0 aliphatic carbocycles. The first kappa shape index (κ1) is 20.4. The SMILES string of the molecule is Cc1ccc(NC(N)=NCC(C)(O)c2ccc(F)cc2)cc1C.I. The molecule has 0 heterocycles. The average Bonchev–Trinajstić information content (AvgIpc) is 2.50. The van der Waals surface area contributed by atoms with Gasteiger partial charge in [-0.05, 0) is 61.7 Å². The van der Waals surface area contributed by atoms with Crippen LogP contribution in [0, 0.1) is 19.7 Å². The van der Waals surface area contributed by atoms with E-state index >= 15 is 0 Å². The predicted molar refractivity (Wildman–Crippen MR) is 107 cm³/mol. The molecule has 0 spiro atoms. The van der Waals surface area contributed by atoms with Crippen molar-refractivity contribution in [3.8, 4) is 0 Å². The molecule has 0 saturated carbocycles. The molecular weight excluding hydrogens is 420 g/mol. The molecule has 6 heteroatoms. The second-order valence-corrected chi connectivity index (χ2v) is 5.91. The van der Waals surface area contributed by atoms with E-state index in [0.29, 0.717) is 5.56 Å². The lowest BCUT2D eigenvalue weighted by Gasteiger charge is -2.22. The summed E-state index contributed by atoms with van der Waals surface area (Å²) in [6.07, 6.45) is 0. The highest BCUT2D eigenvalue weighted by atomic mass is 127. The zero-order valence-corrected chi connectivity index (χ0v) is 16.3. The van der Waals surface area contributed by atoms with Gasteiger partial charge in [-0.25, -0.2) is 9.38 Å². The van der Waals surface area contributed by atoms with Crippen LogP contribution in [0.25, 0.3) is 0 Å². The van der Waals surface area contributed by atoms with Gasteiger partial charge in [-0.3, -0.25) is 0 Å². The minimum absolute atomic E-state index is 0. The predicted octanol–water partition coefficient (Wildman–Crippen LogP) is 3.69. The number of aliphatic imine (C=N–C) groups is 1. The number of halogens is 2. The van der Waals surface area contributed by atoms with Gasteiger partial charge in [-0.2, -0.15) is 0 Å². The van der Waals surface area contributed by atoms with E-state index in [1.807, 2.05) is 32.0 Å². The smallest absolute Gasteiger partial charge is 0.193 e. The van der Waals surface area contributed by atoms with E-state index < -0.39 is 5.60 Å². The molecule has 2 aromatic carbocycles. The lowest BCUT2D eigenvalue weighted by Crippen LogP contribution is -2.29. The van der Waals surface area contributed by atoms with Crippen LogP contribution in [0.3, 0.4) is 0 Å². The molecule has 1 unspecified atom stereocenters. The molecule has 0 aliphatic heterocycles. The molecule has 24 heavy (non-hydrogen) atoms. The van der Waals surface area contributed by atoms with E-state index in [1.165, 1.54) is 29.8 Å². The maximum absolute atomic E-state index is 13.0. The number of hydrogen-bond acceptors (Lipinski definition) is 2. The van der Waals surface area contributed by atoms with Crippen LogP contribution in [0.15, 0.2) is 47.5 Å². The minimum Gasteiger partial charge on any atom is -0.384 e. The molecule has 0 bridgehead atoms. The Balaban J connectivity index is 0.00000288. The van der Waals surface area contributed by atoms with E-state index in [9.17, 15) is 9.50 Å². The van der Waals surface area contributed by atoms with Crippen molar-refractivity contribution in [2.75, 3.05) is 11.9 Å². The maximum atomic E-state index is 13.0. The van der Waals surface area contributed by atoms with Gasteiger partial charge < -0.3 is 16.2 Å². The third-order valence-corrected chi connectivity index (χ3v) is 3.80. The Hall–Kier alpha value is -1.67. The van der Waals surface area contributed by atoms with Gasteiger partial charge in [0.25, 0.3) is 0 Å². The zero-order valence-electron chi connectivity index (χ0n) is 14.0. The van der Waals surface area contributed by atoms with Crippen LogP contribution in [0.2, 0.25) is 0 Å². The van der Waals surface area contributed by atoms with Gasteiger partial charge in [0.15, 0.2) is 5.96 Å². The third-order valence-electron chi connectivity index (χ3n) is 3.80. The van der Waals surface area contributed by atoms with Crippen molar-refractivity contribution in [1.82, 2.24) is 0 Å². The average molecular weight is 443 g/mol. The summed E-state index contributed by atoms with van der Waals surface area (Å²) >= 11 is 0. The molecule has 4 N–H and O–H groups in total. The van der Waals surface area contributed by atoms with Crippen LogP contribution in [0.1, 0.15) is 23.6 Å². The van der Waals surface area contributed by atoms with Gasteiger partial charge >= 0.3 is 0 Å². The highest BCUT2D eigenvalue weighted by Gasteiger charge is 2.22. The molecule has 0 fully saturated rings. The summed E-state index contributed by atoms with van der Waals surface area (Å²) in [5.74, 6) is -0.125. The normalized spacial score (nSPS) is 13.8. The summed E-state index contributed by atoms with van der Waals surface area (Å²) < 4.78 is 13.0. The van der Waals surface area contributed by atoms with E-state index in [4.69, 9.17) is 5.73 Å². The Labute approximate surface area is 159 Å². The molecule has 4 nitrogen and oxygen atoms in total. The molecule has 2 rings (SSSR count). The summed E-state index contributed by atoms with van der Waals surface area (Å²) in [4.78, 5) is 4.18. The van der Waals surface area contributed by atoms with E-state index in [1.54, 1.807) is 6.92 Å². The molecule has 0 radical (unpaired) electrons. The van der Waals surface area contributed by atoms with Crippen LogP contribution in [-0.2, 0) is 5.60 Å². The van der Waals surface area contributed by atoms with Crippen LogP contribution < -0.4 is 11.1 Å². The summed E-state index contributed by atoms with van der Waals surface area (Å²) in [6.45, 7) is 5.75. The van der Waals surface area contributed by atoms with Gasteiger partial charge in [0.05, 0.1) is 6.54 Å². The molecule has 130 valence electrons. The molecular formula is C18H23FIN3O. The Morgan fingerprint density at radius 3 is 2.38 bits per heavy atom. The van der Waals surface area contributed by atoms with Crippen molar-refractivity contribution in [3.63, 3.8) is 0 Å². The first-order chi connectivity index (χ1) is 10.8. The highest BCUT2D eigenvalue weighted by molar-refractivity contribution is 14.0. The number of aryl methyl sites for hydroxylation is 2. The molecule has 2 aromatic rings. The number of aliphatic hydroxyl groups is 1. The standard InChI is InChI=1S/C18H22FN3O.HI/c1-12-4-9-16(10-13(12)2)22-17(20)21-11-18(3,23)14-5-7-15(19)8-6-14;/h4-10,23H,11H2,1-3H3,(H3,20,21,22);1H. The Morgan fingerprint density at radius 2 is 1.79 bits per heavy atom. The van der Waals surface area contributed by atoms with Crippen molar-refractivity contribution in [2.45, 2.75) is 26.4 Å². The Bertz CT molecular complexity index is 715. The molecule has 0 aliphatic rings. The fraction of sp³-hybridized carbons (Fsp3) is 0.278. The molecule has 0 amide bonds. The number of hydrogen-bond donors (Lipinski definition) is 3. The second kappa shape index (κ2) is 8.43. The van der Waals surface area contributed by atoms with Gasteiger partial charge in [0.2, 0.25) is 0 Å². The van der Waals surface area contributed by atoms with Gasteiger partial charge in [-0.1, -0.05) is 18.2 Å². The summed E-state index contributed by atoms with van der Waals surface area (Å²) in [7, 11) is 0. The minimum atomic E-state index is -1.22. The largest absolute Gasteiger partial charge is 0.384 e. The number of nitrogens with zero attached hydrogens (tertiary/aromatic N) is 1. The van der Waals surface area contributed by atoms with Crippen molar-refractivity contribution in [2.24, 2.45) is 10.7 Å².